The van der Waals surface area contributed by atoms with Crippen LogP contribution in [-0.2, 0) is 12.7 Å². The van der Waals surface area contributed by atoms with Crippen LogP contribution in [0.1, 0.15) is 30.4 Å². The lowest BCUT2D eigenvalue weighted by molar-refractivity contribution is 0.818. The minimum Gasteiger partial charge on any atom is -0.359 e. The lowest BCUT2D eigenvalue weighted by atomic mass is 9.78. The molecule has 0 unspecified atom stereocenters. The number of hydrogen-bond donors (Lipinski definition) is 0. The Hall–Kier alpha value is -1.32. The number of aromatic nitrogens is 2. The minimum absolute atomic E-state index is 0.966. The molecule has 0 saturated carbocycles. The number of rotatable bonds is 5. The van der Waals surface area contributed by atoms with Crippen molar-refractivity contribution in [2.75, 3.05) is 18.5 Å². The van der Waals surface area contributed by atoms with E-state index in [1.807, 2.05) is 0 Å². The van der Waals surface area contributed by atoms with Crippen LogP contribution >= 0.6 is 0 Å². The van der Waals surface area contributed by atoms with Crippen LogP contribution in [0.25, 0.3) is 6.08 Å². The van der Waals surface area contributed by atoms with Crippen LogP contribution < -0.4 is 4.90 Å². The lowest BCUT2D eigenvalue weighted by Gasteiger charge is -2.21. The van der Waals surface area contributed by atoms with Crippen molar-refractivity contribution in [1.82, 2.24) is 9.97 Å². The van der Waals surface area contributed by atoms with Gasteiger partial charge in [-0.25, -0.2) is 9.97 Å². The Balaban J connectivity index is 2.36. The summed E-state index contributed by atoms with van der Waals surface area (Å²) >= 11 is 0. The third kappa shape index (κ3) is 2.51. The van der Waals surface area contributed by atoms with E-state index in [1.165, 1.54) is 5.56 Å². The van der Waals surface area contributed by atoms with Gasteiger partial charge in [0.1, 0.15) is 18.9 Å². The van der Waals surface area contributed by atoms with Gasteiger partial charge in [0.2, 0.25) is 0 Å². The lowest BCUT2D eigenvalue weighted by Crippen LogP contribution is -2.22. The molecule has 0 N–H and O–H groups in total. The topological polar surface area (TPSA) is 29.0 Å². The number of nitrogens with zero attached hydrogens (tertiary/aromatic N) is 3. The van der Waals surface area contributed by atoms with Crippen molar-refractivity contribution < 1.29 is 0 Å². The molecule has 17 heavy (non-hydrogen) atoms. The van der Waals surface area contributed by atoms with Gasteiger partial charge in [0.15, 0.2) is 0 Å². The molecule has 1 aliphatic carbocycles. The fourth-order valence-electron chi connectivity index (χ4n) is 2.25. The molecule has 90 valence electrons. The van der Waals surface area contributed by atoms with Crippen LogP contribution in [0.15, 0.2) is 6.08 Å². The summed E-state index contributed by atoms with van der Waals surface area (Å²) in [6.07, 6.45) is 7.39. The van der Waals surface area contributed by atoms with E-state index >= 15 is 0 Å². The summed E-state index contributed by atoms with van der Waals surface area (Å²) in [5, 5.41) is 0. The van der Waals surface area contributed by atoms with E-state index in [9.17, 15) is 0 Å². The molecule has 1 heterocycles. The number of anilines is 1. The standard InChI is InChI=1S/C13H20BN3/c1-4-8-17(3)13-10-6-5-7-11(10)15-12(16-13)9-14-2/h5,7,14H,4,6,8-9H2,1-3H3. The zero-order chi connectivity index (χ0) is 12.3. The van der Waals surface area contributed by atoms with Crippen molar-refractivity contribution >= 4 is 19.2 Å². The number of hydrogen-bond acceptors (Lipinski definition) is 3. The summed E-state index contributed by atoms with van der Waals surface area (Å²) in [6.45, 7) is 5.42. The van der Waals surface area contributed by atoms with Gasteiger partial charge in [-0.3, -0.25) is 0 Å². The Morgan fingerprint density at radius 3 is 2.94 bits per heavy atom. The molecule has 0 bridgehead atoms. The first-order chi connectivity index (χ1) is 8.26. The van der Waals surface area contributed by atoms with Crippen molar-refractivity contribution in [3.63, 3.8) is 0 Å². The molecule has 0 fully saturated rings. The molecule has 0 amide bonds. The normalized spacial score (nSPS) is 12.6. The van der Waals surface area contributed by atoms with Crippen LogP contribution in [-0.4, -0.2) is 30.8 Å². The van der Waals surface area contributed by atoms with Gasteiger partial charge in [0, 0.05) is 19.2 Å². The maximum absolute atomic E-state index is 4.73. The summed E-state index contributed by atoms with van der Waals surface area (Å²) in [4.78, 5) is 11.6. The molecule has 4 heteroatoms. The zero-order valence-corrected chi connectivity index (χ0v) is 11.0. The molecule has 1 aromatic rings. The molecule has 1 aromatic heterocycles. The highest BCUT2D eigenvalue weighted by molar-refractivity contribution is 6.32. The molecule has 1 aliphatic rings. The summed E-state index contributed by atoms with van der Waals surface area (Å²) in [5.74, 6) is 2.11. The Kier molecular flexibility index (Phi) is 3.82. The van der Waals surface area contributed by atoms with E-state index in [2.05, 4.69) is 42.8 Å². The fraction of sp³-hybridized carbons (Fsp3) is 0.538. The second kappa shape index (κ2) is 5.34. The zero-order valence-electron chi connectivity index (χ0n) is 11.0. The third-order valence-corrected chi connectivity index (χ3v) is 3.06. The maximum Gasteiger partial charge on any atom is 0.136 e. The van der Waals surface area contributed by atoms with Gasteiger partial charge in [-0.05, 0) is 25.2 Å². The average molecular weight is 229 g/mol. The van der Waals surface area contributed by atoms with Crippen molar-refractivity contribution in [3.05, 3.63) is 23.2 Å². The SMILES string of the molecule is CBCc1nc2c(c(N(C)CCC)n1)CC=C2. The molecule has 0 saturated heterocycles. The van der Waals surface area contributed by atoms with Crippen LogP contribution in [0.5, 0.6) is 0 Å². The molecular formula is C13H20BN3. The van der Waals surface area contributed by atoms with E-state index in [0.717, 1.165) is 50.3 Å². The second-order valence-corrected chi connectivity index (χ2v) is 4.61. The summed E-state index contributed by atoms with van der Waals surface area (Å²) < 4.78 is 0. The second-order valence-electron chi connectivity index (χ2n) is 4.61. The Morgan fingerprint density at radius 1 is 1.41 bits per heavy atom. The summed E-state index contributed by atoms with van der Waals surface area (Å²) in [7, 11) is 3.22. The van der Waals surface area contributed by atoms with E-state index in [1.54, 1.807) is 0 Å². The Morgan fingerprint density at radius 2 is 2.24 bits per heavy atom. The van der Waals surface area contributed by atoms with Crippen LogP contribution in [0.3, 0.4) is 0 Å². The number of fused-ring (bicyclic) bond motifs is 1. The first kappa shape index (κ1) is 12.2. The smallest absolute Gasteiger partial charge is 0.136 e. The largest absolute Gasteiger partial charge is 0.359 e. The molecule has 0 aliphatic heterocycles. The summed E-state index contributed by atoms with van der Waals surface area (Å²) in [6, 6.07) is 0. The molecule has 0 radical (unpaired) electrons. The van der Waals surface area contributed by atoms with Gasteiger partial charge in [0.25, 0.3) is 0 Å². The molecule has 3 nitrogen and oxygen atoms in total. The van der Waals surface area contributed by atoms with Crippen molar-refractivity contribution in [1.29, 1.82) is 0 Å². The van der Waals surface area contributed by atoms with Crippen LogP contribution in [0.4, 0.5) is 5.82 Å². The van der Waals surface area contributed by atoms with Crippen LogP contribution in [0, 0.1) is 0 Å². The fourth-order valence-corrected chi connectivity index (χ4v) is 2.25. The van der Waals surface area contributed by atoms with E-state index in [0.29, 0.717) is 0 Å². The molecule has 0 spiro atoms. The van der Waals surface area contributed by atoms with E-state index in [4.69, 9.17) is 4.98 Å². The van der Waals surface area contributed by atoms with Gasteiger partial charge >= 0.3 is 0 Å². The van der Waals surface area contributed by atoms with Gasteiger partial charge in [-0.1, -0.05) is 19.8 Å². The van der Waals surface area contributed by atoms with Crippen LogP contribution in [0.2, 0.25) is 6.82 Å². The van der Waals surface area contributed by atoms with E-state index in [-0.39, 0.29) is 0 Å². The van der Waals surface area contributed by atoms with Gasteiger partial charge in [0.05, 0.1) is 5.69 Å². The highest BCUT2D eigenvalue weighted by Gasteiger charge is 2.17. The average Bonchev–Trinajstić information content (AvgIpc) is 2.76. The molecule has 0 aromatic carbocycles. The highest BCUT2D eigenvalue weighted by atomic mass is 15.2. The van der Waals surface area contributed by atoms with Crippen molar-refractivity contribution in [3.8, 4) is 0 Å². The van der Waals surface area contributed by atoms with Gasteiger partial charge in [-0.2, -0.15) is 0 Å². The number of allylic oxidation sites excluding steroid dienone is 1. The monoisotopic (exact) mass is 229 g/mol. The third-order valence-electron chi connectivity index (χ3n) is 3.06. The Labute approximate surface area is 104 Å². The predicted molar refractivity (Wildman–Crippen MR) is 75.0 cm³/mol. The maximum atomic E-state index is 4.73. The van der Waals surface area contributed by atoms with Gasteiger partial charge in [-0.15, -0.1) is 0 Å². The van der Waals surface area contributed by atoms with Crippen molar-refractivity contribution in [2.45, 2.75) is 32.9 Å². The molecule has 0 atom stereocenters. The Bertz CT molecular complexity index is 429. The van der Waals surface area contributed by atoms with E-state index < -0.39 is 0 Å². The van der Waals surface area contributed by atoms with Gasteiger partial charge < -0.3 is 4.90 Å². The highest BCUT2D eigenvalue weighted by Crippen LogP contribution is 2.26. The summed E-state index contributed by atoms with van der Waals surface area (Å²) in [5.41, 5.74) is 2.42. The predicted octanol–water partition coefficient (Wildman–Crippen LogP) is 1.88. The first-order valence-electron chi connectivity index (χ1n) is 6.53. The molecular weight excluding hydrogens is 209 g/mol. The minimum atomic E-state index is 0.966. The first-order valence-corrected chi connectivity index (χ1v) is 6.53. The molecule has 2 rings (SSSR count). The quantitative estimate of drug-likeness (QED) is 0.722. The van der Waals surface area contributed by atoms with Crippen molar-refractivity contribution in [2.24, 2.45) is 0 Å².